The molecule has 19 heavy (non-hydrogen) atoms. The monoisotopic (exact) mass is 288 g/mol. The van der Waals surface area contributed by atoms with Gasteiger partial charge in [0.05, 0.1) is 7.11 Å². The smallest absolute Gasteiger partial charge is 0.343 e. The minimum Gasteiger partial charge on any atom is -0.468 e. The number of nitrogens with one attached hydrogen (secondary N) is 2. The highest BCUT2D eigenvalue weighted by Gasteiger charge is 2.32. The first-order valence-electron chi connectivity index (χ1n) is 6.03. The molecule has 7 nitrogen and oxygen atoms in total. The molecule has 0 saturated carbocycles. The number of esters is 1. The molecule has 1 atom stereocenters. The van der Waals surface area contributed by atoms with Crippen molar-refractivity contribution in [2.75, 3.05) is 19.9 Å². The fourth-order valence-corrected chi connectivity index (χ4v) is 2.76. The van der Waals surface area contributed by atoms with Crippen molar-refractivity contribution in [1.29, 1.82) is 0 Å². The number of thioether (sulfide) groups is 1. The summed E-state index contributed by atoms with van der Waals surface area (Å²) in [6.45, 7) is 4.24. The van der Waals surface area contributed by atoms with E-state index in [1.807, 2.05) is 6.92 Å². The summed E-state index contributed by atoms with van der Waals surface area (Å²) in [5, 5.41) is 9.96. The van der Waals surface area contributed by atoms with Gasteiger partial charge in [-0.15, -0.1) is 5.10 Å². The largest absolute Gasteiger partial charge is 0.468 e. The molecule has 1 rings (SSSR count). The lowest BCUT2D eigenvalue weighted by Gasteiger charge is -2.25. The molecule has 0 aliphatic heterocycles. The number of nitrogens with zero attached hydrogens (tertiary/aromatic N) is 2. The quantitative estimate of drug-likeness (QED) is 0.551. The van der Waals surface area contributed by atoms with Crippen LogP contribution in [-0.2, 0) is 16.1 Å². The molecule has 1 aromatic rings. The minimum atomic E-state index is -0.727. The maximum Gasteiger partial charge on any atom is 0.343 e. The molecule has 0 fully saturated rings. The van der Waals surface area contributed by atoms with E-state index in [1.54, 1.807) is 18.5 Å². The van der Waals surface area contributed by atoms with Crippen molar-refractivity contribution in [2.24, 2.45) is 0 Å². The van der Waals surface area contributed by atoms with Crippen molar-refractivity contribution in [2.45, 2.75) is 37.5 Å². The van der Waals surface area contributed by atoms with Crippen LogP contribution < -0.4 is 11.0 Å². The van der Waals surface area contributed by atoms with Gasteiger partial charge in [0.25, 0.3) is 0 Å². The number of carbonyl (C=O) groups is 1. The summed E-state index contributed by atoms with van der Waals surface area (Å²) in [6.07, 6.45) is 0.575. The molecule has 8 heteroatoms. The number of carbonyl (C=O) groups excluding carboxylic acids is 1. The van der Waals surface area contributed by atoms with Crippen molar-refractivity contribution in [3.63, 3.8) is 0 Å². The molecule has 0 bridgehead atoms. The summed E-state index contributed by atoms with van der Waals surface area (Å²) >= 11 is 1.44. The van der Waals surface area contributed by atoms with Gasteiger partial charge in [-0.05, 0) is 27.3 Å². The van der Waals surface area contributed by atoms with E-state index >= 15 is 0 Å². The Bertz CT molecular complexity index is 485. The number of H-pyrrole nitrogens is 1. The summed E-state index contributed by atoms with van der Waals surface area (Å²) in [6, 6.07) is 0. The highest BCUT2D eigenvalue weighted by atomic mass is 32.2. The second-order valence-electron chi connectivity index (χ2n) is 4.23. The lowest BCUT2D eigenvalue weighted by Crippen LogP contribution is -2.48. The zero-order chi connectivity index (χ0) is 14.5. The average Bonchev–Trinajstić information content (AvgIpc) is 2.77. The van der Waals surface area contributed by atoms with E-state index < -0.39 is 5.54 Å². The number of aromatic nitrogens is 3. The normalized spacial score (nSPS) is 14.1. The SMILES string of the molecule is CCn1c(SCCC(C)(NC)C(=O)OC)n[nH]c1=O. The Morgan fingerprint density at radius 3 is 2.84 bits per heavy atom. The van der Waals surface area contributed by atoms with E-state index in [-0.39, 0.29) is 11.7 Å². The molecule has 1 unspecified atom stereocenters. The maximum absolute atomic E-state index is 11.7. The number of methoxy groups -OCH3 is 1. The first-order valence-corrected chi connectivity index (χ1v) is 7.02. The number of ether oxygens (including phenoxy) is 1. The van der Waals surface area contributed by atoms with E-state index in [1.165, 1.54) is 18.9 Å². The topological polar surface area (TPSA) is 89.0 Å². The minimum absolute atomic E-state index is 0.214. The Morgan fingerprint density at radius 2 is 2.32 bits per heavy atom. The van der Waals surface area contributed by atoms with Gasteiger partial charge >= 0.3 is 11.7 Å². The van der Waals surface area contributed by atoms with E-state index in [2.05, 4.69) is 15.5 Å². The van der Waals surface area contributed by atoms with E-state index in [9.17, 15) is 9.59 Å². The second kappa shape index (κ2) is 6.76. The first-order chi connectivity index (χ1) is 8.98. The highest BCUT2D eigenvalue weighted by molar-refractivity contribution is 7.99. The van der Waals surface area contributed by atoms with Crippen molar-refractivity contribution < 1.29 is 9.53 Å². The Labute approximate surface area is 116 Å². The van der Waals surface area contributed by atoms with Gasteiger partial charge in [-0.3, -0.25) is 9.36 Å². The summed E-state index contributed by atoms with van der Waals surface area (Å²) < 4.78 is 6.33. The summed E-state index contributed by atoms with van der Waals surface area (Å²) in [5.41, 5.74) is -0.940. The van der Waals surface area contributed by atoms with Crippen LogP contribution in [0.1, 0.15) is 20.3 Å². The zero-order valence-electron chi connectivity index (χ0n) is 11.6. The third-order valence-electron chi connectivity index (χ3n) is 3.06. The third-order valence-corrected chi connectivity index (χ3v) is 4.04. The lowest BCUT2D eigenvalue weighted by molar-refractivity contribution is -0.147. The maximum atomic E-state index is 11.7. The predicted molar refractivity (Wildman–Crippen MR) is 73.3 cm³/mol. The standard InChI is InChI=1S/C11H20N4O3S/c1-5-15-9(17)13-14-10(15)19-7-6-11(2,12-3)8(16)18-4/h12H,5-7H2,1-4H3,(H,13,17). The van der Waals surface area contributed by atoms with Gasteiger partial charge in [-0.25, -0.2) is 9.89 Å². The van der Waals surface area contributed by atoms with Crippen molar-refractivity contribution in [1.82, 2.24) is 20.1 Å². The number of likely N-dealkylation sites (N-methyl/N-ethyl adjacent to an activating group) is 1. The Kier molecular flexibility index (Phi) is 5.61. The van der Waals surface area contributed by atoms with Crippen LogP contribution in [0.4, 0.5) is 0 Å². The molecule has 0 radical (unpaired) electrons. The summed E-state index contributed by atoms with van der Waals surface area (Å²) in [7, 11) is 3.09. The molecule has 0 saturated heterocycles. The lowest BCUT2D eigenvalue weighted by atomic mass is 10.00. The van der Waals surface area contributed by atoms with Crippen molar-refractivity contribution in [3.8, 4) is 0 Å². The van der Waals surface area contributed by atoms with Gasteiger partial charge in [0.2, 0.25) is 0 Å². The number of hydrogen-bond donors (Lipinski definition) is 2. The number of aromatic amines is 1. The molecule has 0 aliphatic rings. The molecule has 1 aromatic heterocycles. The number of rotatable bonds is 7. The van der Waals surface area contributed by atoms with Crippen LogP contribution in [0.2, 0.25) is 0 Å². The van der Waals surface area contributed by atoms with Crippen LogP contribution in [0.15, 0.2) is 9.95 Å². The average molecular weight is 288 g/mol. The molecule has 0 amide bonds. The fraction of sp³-hybridized carbons (Fsp3) is 0.727. The molecular formula is C11H20N4O3S. The molecule has 2 N–H and O–H groups in total. The van der Waals surface area contributed by atoms with E-state index in [0.717, 1.165) is 0 Å². The molecule has 1 heterocycles. The molecule has 0 spiro atoms. The highest BCUT2D eigenvalue weighted by Crippen LogP contribution is 2.20. The van der Waals surface area contributed by atoms with E-state index in [0.29, 0.717) is 23.9 Å². The van der Waals surface area contributed by atoms with Crippen LogP contribution >= 0.6 is 11.8 Å². The van der Waals surface area contributed by atoms with Gasteiger partial charge in [0.1, 0.15) is 5.54 Å². The van der Waals surface area contributed by atoms with Crippen LogP contribution in [0, 0.1) is 0 Å². The van der Waals surface area contributed by atoms with Gasteiger partial charge in [-0.2, -0.15) is 0 Å². The van der Waals surface area contributed by atoms with Crippen LogP contribution in [-0.4, -0.2) is 46.2 Å². The summed E-state index contributed by atoms with van der Waals surface area (Å²) in [5.74, 6) is 0.349. The second-order valence-corrected chi connectivity index (χ2v) is 5.29. The van der Waals surface area contributed by atoms with Gasteiger partial charge < -0.3 is 10.1 Å². The zero-order valence-corrected chi connectivity index (χ0v) is 12.5. The van der Waals surface area contributed by atoms with Gasteiger partial charge in [0, 0.05) is 12.3 Å². The summed E-state index contributed by atoms with van der Waals surface area (Å²) in [4.78, 5) is 23.1. The molecule has 0 aromatic carbocycles. The molecular weight excluding hydrogens is 268 g/mol. The Morgan fingerprint density at radius 1 is 1.63 bits per heavy atom. The third kappa shape index (κ3) is 3.60. The number of hydrogen-bond acceptors (Lipinski definition) is 6. The Hall–Kier alpha value is -1.28. The first kappa shape index (κ1) is 15.8. The fourth-order valence-electron chi connectivity index (χ4n) is 1.59. The van der Waals surface area contributed by atoms with Crippen LogP contribution in [0.5, 0.6) is 0 Å². The van der Waals surface area contributed by atoms with Crippen LogP contribution in [0.3, 0.4) is 0 Å². The molecule has 0 aliphatic carbocycles. The van der Waals surface area contributed by atoms with E-state index in [4.69, 9.17) is 4.74 Å². The van der Waals surface area contributed by atoms with Gasteiger partial charge in [0.15, 0.2) is 5.16 Å². The Balaban J connectivity index is 2.62. The van der Waals surface area contributed by atoms with Crippen molar-refractivity contribution >= 4 is 17.7 Å². The van der Waals surface area contributed by atoms with Crippen LogP contribution in [0.25, 0.3) is 0 Å². The van der Waals surface area contributed by atoms with Crippen molar-refractivity contribution in [3.05, 3.63) is 10.5 Å². The van der Waals surface area contributed by atoms with Gasteiger partial charge in [-0.1, -0.05) is 11.8 Å². The molecule has 108 valence electrons. The predicted octanol–water partition coefficient (Wildman–Crippen LogP) is 0.225.